The monoisotopic (exact) mass is 287 g/mol. The zero-order valence-electron chi connectivity index (χ0n) is 10.8. The van der Waals surface area contributed by atoms with E-state index in [1.807, 2.05) is 18.2 Å². The molecule has 102 valence electrons. The molecule has 2 aromatic heterocycles. The molecule has 0 aliphatic rings. The van der Waals surface area contributed by atoms with Crippen LogP contribution in [0.1, 0.15) is 10.6 Å². The van der Waals surface area contributed by atoms with Crippen LogP contribution in [-0.2, 0) is 13.1 Å². The van der Waals surface area contributed by atoms with E-state index in [0.29, 0.717) is 6.54 Å². The summed E-state index contributed by atoms with van der Waals surface area (Å²) in [4.78, 5) is 1.30. The standard InChI is InChI=1S/C16H14FNOS/c17-13-5-3-12(4-6-13)16-8-7-14(19-16)10-18-11-15-2-1-9-20-15/h1-9,18H,10-11H2. The highest BCUT2D eigenvalue weighted by atomic mass is 32.1. The van der Waals surface area contributed by atoms with Crippen molar-refractivity contribution in [1.82, 2.24) is 5.32 Å². The minimum atomic E-state index is -0.238. The molecule has 2 nitrogen and oxygen atoms in total. The Morgan fingerprint density at radius 1 is 1.00 bits per heavy atom. The summed E-state index contributed by atoms with van der Waals surface area (Å²) in [7, 11) is 0. The predicted octanol–water partition coefficient (Wildman–Crippen LogP) is 4.44. The van der Waals surface area contributed by atoms with Gasteiger partial charge in [-0.15, -0.1) is 11.3 Å². The number of hydrogen-bond donors (Lipinski definition) is 1. The Balaban J connectivity index is 1.60. The van der Waals surface area contributed by atoms with Crippen LogP contribution in [0.4, 0.5) is 4.39 Å². The highest BCUT2D eigenvalue weighted by Crippen LogP contribution is 2.22. The van der Waals surface area contributed by atoms with Gasteiger partial charge in [0.25, 0.3) is 0 Å². The van der Waals surface area contributed by atoms with E-state index in [0.717, 1.165) is 23.6 Å². The maximum Gasteiger partial charge on any atom is 0.134 e. The first kappa shape index (κ1) is 13.1. The Hall–Kier alpha value is -1.91. The number of furan rings is 1. The number of nitrogens with one attached hydrogen (secondary N) is 1. The molecule has 0 saturated carbocycles. The van der Waals surface area contributed by atoms with Crippen LogP contribution in [0, 0.1) is 5.82 Å². The minimum Gasteiger partial charge on any atom is -0.460 e. The molecule has 0 amide bonds. The normalized spacial score (nSPS) is 10.8. The molecule has 3 rings (SSSR count). The molecule has 4 heteroatoms. The third-order valence-electron chi connectivity index (χ3n) is 2.97. The van der Waals surface area contributed by atoms with Gasteiger partial charge >= 0.3 is 0 Å². The second-order valence-corrected chi connectivity index (χ2v) is 5.49. The van der Waals surface area contributed by atoms with Crippen molar-refractivity contribution in [2.75, 3.05) is 0 Å². The molecule has 0 unspecified atom stereocenters. The van der Waals surface area contributed by atoms with Crippen molar-refractivity contribution >= 4 is 11.3 Å². The molecule has 0 saturated heterocycles. The lowest BCUT2D eigenvalue weighted by Crippen LogP contribution is -2.10. The third kappa shape index (κ3) is 3.15. The SMILES string of the molecule is Fc1ccc(-c2ccc(CNCc3cccs3)o2)cc1. The van der Waals surface area contributed by atoms with E-state index >= 15 is 0 Å². The average molecular weight is 287 g/mol. The minimum absolute atomic E-state index is 0.238. The summed E-state index contributed by atoms with van der Waals surface area (Å²) in [6.07, 6.45) is 0. The highest BCUT2D eigenvalue weighted by Gasteiger charge is 2.05. The van der Waals surface area contributed by atoms with E-state index in [1.54, 1.807) is 23.5 Å². The molecule has 2 heterocycles. The zero-order valence-corrected chi connectivity index (χ0v) is 11.6. The molecule has 0 aliphatic carbocycles. The number of halogens is 1. The summed E-state index contributed by atoms with van der Waals surface area (Å²) in [5.41, 5.74) is 0.885. The summed E-state index contributed by atoms with van der Waals surface area (Å²) in [5.74, 6) is 1.40. The maximum atomic E-state index is 12.9. The van der Waals surface area contributed by atoms with Gasteiger partial charge in [0.15, 0.2) is 0 Å². The van der Waals surface area contributed by atoms with E-state index in [4.69, 9.17) is 4.42 Å². The molecule has 0 radical (unpaired) electrons. The van der Waals surface area contributed by atoms with Gasteiger partial charge < -0.3 is 9.73 Å². The summed E-state index contributed by atoms with van der Waals surface area (Å²) in [5, 5.41) is 5.40. The first-order chi connectivity index (χ1) is 9.81. The maximum absolute atomic E-state index is 12.9. The van der Waals surface area contributed by atoms with Crippen LogP contribution >= 0.6 is 11.3 Å². The average Bonchev–Trinajstić information content (AvgIpc) is 3.11. The Morgan fingerprint density at radius 3 is 2.60 bits per heavy atom. The Bertz CT molecular complexity index is 658. The number of thiophene rings is 1. The number of hydrogen-bond acceptors (Lipinski definition) is 3. The van der Waals surface area contributed by atoms with E-state index in [9.17, 15) is 4.39 Å². The predicted molar refractivity (Wildman–Crippen MR) is 79.0 cm³/mol. The first-order valence-electron chi connectivity index (χ1n) is 6.39. The Morgan fingerprint density at radius 2 is 1.85 bits per heavy atom. The molecular weight excluding hydrogens is 273 g/mol. The van der Waals surface area contributed by atoms with Crippen molar-refractivity contribution in [3.8, 4) is 11.3 Å². The summed E-state index contributed by atoms with van der Waals surface area (Å²) in [6, 6.07) is 14.3. The first-order valence-corrected chi connectivity index (χ1v) is 7.27. The van der Waals surface area contributed by atoms with Gasteiger partial charge in [-0.3, -0.25) is 0 Å². The molecule has 3 aromatic rings. The molecular formula is C16H14FNOS. The summed E-state index contributed by atoms with van der Waals surface area (Å²) < 4.78 is 18.6. The zero-order chi connectivity index (χ0) is 13.8. The number of benzene rings is 1. The van der Waals surface area contributed by atoms with Crippen LogP contribution in [0.25, 0.3) is 11.3 Å². The van der Waals surface area contributed by atoms with Crippen LogP contribution in [-0.4, -0.2) is 0 Å². The largest absolute Gasteiger partial charge is 0.460 e. The van der Waals surface area contributed by atoms with Crippen LogP contribution in [0.5, 0.6) is 0 Å². The fourth-order valence-electron chi connectivity index (χ4n) is 1.96. The quantitative estimate of drug-likeness (QED) is 0.750. The topological polar surface area (TPSA) is 25.2 Å². The van der Waals surface area contributed by atoms with Gasteiger partial charge in [0.05, 0.1) is 6.54 Å². The second-order valence-electron chi connectivity index (χ2n) is 4.46. The molecule has 0 spiro atoms. The molecule has 1 N–H and O–H groups in total. The molecule has 20 heavy (non-hydrogen) atoms. The fraction of sp³-hybridized carbons (Fsp3) is 0.125. The third-order valence-corrected chi connectivity index (χ3v) is 3.85. The van der Waals surface area contributed by atoms with Crippen molar-refractivity contribution in [1.29, 1.82) is 0 Å². The molecule has 0 fully saturated rings. The highest BCUT2D eigenvalue weighted by molar-refractivity contribution is 7.09. The van der Waals surface area contributed by atoms with E-state index in [-0.39, 0.29) is 5.82 Å². The lowest BCUT2D eigenvalue weighted by Gasteiger charge is -2.00. The van der Waals surface area contributed by atoms with Gasteiger partial charge in [0.1, 0.15) is 17.3 Å². The Labute approximate surface area is 120 Å². The molecule has 0 aliphatic heterocycles. The van der Waals surface area contributed by atoms with Gasteiger partial charge in [0.2, 0.25) is 0 Å². The van der Waals surface area contributed by atoms with Crippen LogP contribution in [0.15, 0.2) is 58.3 Å². The lowest BCUT2D eigenvalue weighted by molar-refractivity contribution is 0.494. The van der Waals surface area contributed by atoms with Gasteiger partial charge in [-0.2, -0.15) is 0 Å². The summed E-state index contributed by atoms with van der Waals surface area (Å²) >= 11 is 1.73. The van der Waals surface area contributed by atoms with E-state index in [2.05, 4.69) is 16.8 Å². The van der Waals surface area contributed by atoms with Crippen molar-refractivity contribution in [2.45, 2.75) is 13.1 Å². The van der Waals surface area contributed by atoms with E-state index in [1.165, 1.54) is 17.0 Å². The van der Waals surface area contributed by atoms with Gasteiger partial charge in [-0.1, -0.05) is 6.07 Å². The van der Waals surface area contributed by atoms with Gasteiger partial charge in [-0.25, -0.2) is 4.39 Å². The van der Waals surface area contributed by atoms with E-state index < -0.39 is 0 Å². The Kier molecular flexibility index (Phi) is 3.95. The van der Waals surface area contributed by atoms with Crippen LogP contribution < -0.4 is 5.32 Å². The number of rotatable bonds is 5. The molecule has 0 bridgehead atoms. The van der Waals surface area contributed by atoms with Crippen molar-refractivity contribution in [3.63, 3.8) is 0 Å². The van der Waals surface area contributed by atoms with Crippen molar-refractivity contribution in [3.05, 3.63) is 70.4 Å². The van der Waals surface area contributed by atoms with Gasteiger partial charge in [0, 0.05) is 17.0 Å². The van der Waals surface area contributed by atoms with Crippen LogP contribution in [0.2, 0.25) is 0 Å². The van der Waals surface area contributed by atoms with Crippen LogP contribution in [0.3, 0.4) is 0 Å². The van der Waals surface area contributed by atoms with Crippen molar-refractivity contribution < 1.29 is 8.81 Å². The fourth-order valence-corrected chi connectivity index (χ4v) is 2.64. The molecule has 1 aromatic carbocycles. The summed E-state index contributed by atoms with van der Waals surface area (Å²) in [6.45, 7) is 1.52. The van der Waals surface area contributed by atoms with Crippen molar-refractivity contribution in [2.24, 2.45) is 0 Å². The molecule has 0 atom stereocenters. The van der Waals surface area contributed by atoms with Gasteiger partial charge in [-0.05, 0) is 47.8 Å². The smallest absolute Gasteiger partial charge is 0.134 e. The second kappa shape index (κ2) is 6.03. The lowest BCUT2D eigenvalue weighted by atomic mass is 10.2.